The average molecular weight is 276 g/mol. The van der Waals surface area contributed by atoms with Crippen molar-refractivity contribution in [1.82, 2.24) is 5.32 Å². The predicted molar refractivity (Wildman–Crippen MR) is 60.2 cm³/mol. The number of carboxylic acid groups (broad SMARTS) is 1. The van der Waals surface area contributed by atoms with Crippen LogP contribution < -0.4 is 11.1 Å². The van der Waals surface area contributed by atoms with Crippen molar-refractivity contribution in [3.63, 3.8) is 0 Å². The van der Waals surface area contributed by atoms with Gasteiger partial charge in [0.15, 0.2) is 0 Å². The first-order valence-corrected chi connectivity index (χ1v) is 5.15. The maximum atomic E-state index is 12.0. The molecule has 1 aromatic carbocycles. The molecule has 5 nitrogen and oxygen atoms in total. The monoisotopic (exact) mass is 276 g/mol. The largest absolute Gasteiger partial charge is 0.480 e. The zero-order valence-electron chi connectivity index (χ0n) is 9.57. The molecule has 1 amide bonds. The summed E-state index contributed by atoms with van der Waals surface area (Å²) >= 11 is 0. The number of anilines is 1. The van der Waals surface area contributed by atoms with Crippen LogP contribution in [0.1, 0.15) is 5.56 Å². The number of benzene rings is 1. The molecule has 8 heteroatoms. The molecular formula is C11H11F3N2O3. The number of hydrogen-bond acceptors (Lipinski definition) is 3. The number of carboxylic acids is 1. The van der Waals surface area contributed by atoms with Crippen molar-refractivity contribution >= 4 is 17.6 Å². The Labute approximate surface area is 106 Å². The maximum Gasteiger partial charge on any atom is 0.471 e. The summed E-state index contributed by atoms with van der Waals surface area (Å²) in [5, 5.41) is 10.2. The number of nitrogens with one attached hydrogen (secondary N) is 1. The SMILES string of the molecule is Nc1ccc(C[C@@H](NC(=O)C(F)(F)F)C(=O)O)cc1. The van der Waals surface area contributed by atoms with Crippen LogP contribution in [0.3, 0.4) is 0 Å². The van der Waals surface area contributed by atoms with Crippen molar-refractivity contribution in [2.45, 2.75) is 18.6 Å². The van der Waals surface area contributed by atoms with Gasteiger partial charge < -0.3 is 16.2 Å². The van der Waals surface area contributed by atoms with Crippen molar-refractivity contribution < 1.29 is 27.9 Å². The van der Waals surface area contributed by atoms with Crippen molar-refractivity contribution in [2.75, 3.05) is 5.73 Å². The molecule has 0 spiro atoms. The maximum absolute atomic E-state index is 12.0. The molecule has 1 aromatic rings. The molecule has 0 unspecified atom stereocenters. The number of hydrogen-bond donors (Lipinski definition) is 3. The fourth-order valence-electron chi connectivity index (χ4n) is 1.33. The third-order valence-corrected chi connectivity index (χ3v) is 2.28. The highest BCUT2D eigenvalue weighted by Gasteiger charge is 2.40. The fourth-order valence-corrected chi connectivity index (χ4v) is 1.33. The number of amides is 1. The first kappa shape index (κ1) is 14.8. The van der Waals surface area contributed by atoms with Crippen LogP contribution in [0.4, 0.5) is 18.9 Å². The van der Waals surface area contributed by atoms with E-state index < -0.39 is 24.1 Å². The minimum absolute atomic E-state index is 0.266. The number of aliphatic carboxylic acids is 1. The van der Waals surface area contributed by atoms with E-state index in [2.05, 4.69) is 0 Å². The first-order valence-electron chi connectivity index (χ1n) is 5.15. The molecule has 0 aliphatic heterocycles. The standard InChI is InChI=1S/C11H11F3N2O3/c12-11(13,14)10(19)16-8(9(17)18)5-6-1-3-7(15)4-2-6/h1-4,8H,5,15H2,(H,16,19)(H,17,18)/t8-/m1/s1. The minimum Gasteiger partial charge on any atom is -0.480 e. The highest BCUT2D eigenvalue weighted by molar-refractivity contribution is 5.87. The molecule has 1 rings (SSSR count). The second-order valence-corrected chi connectivity index (χ2v) is 3.81. The van der Waals surface area contributed by atoms with Gasteiger partial charge in [0, 0.05) is 12.1 Å². The molecule has 0 aliphatic rings. The Morgan fingerprint density at radius 2 is 1.79 bits per heavy atom. The Morgan fingerprint density at radius 1 is 1.26 bits per heavy atom. The minimum atomic E-state index is -5.12. The molecule has 4 N–H and O–H groups in total. The lowest BCUT2D eigenvalue weighted by Gasteiger charge is -2.15. The Morgan fingerprint density at radius 3 is 2.21 bits per heavy atom. The number of nitrogens with two attached hydrogens (primary N) is 1. The molecule has 0 saturated carbocycles. The van der Waals surface area contributed by atoms with Gasteiger partial charge in [0.2, 0.25) is 0 Å². The van der Waals surface area contributed by atoms with Gasteiger partial charge in [-0.3, -0.25) is 4.79 Å². The summed E-state index contributed by atoms with van der Waals surface area (Å²) < 4.78 is 36.1. The zero-order chi connectivity index (χ0) is 14.6. The lowest BCUT2D eigenvalue weighted by molar-refractivity contribution is -0.175. The number of carbonyl (C=O) groups is 2. The van der Waals surface area contributed by atoms with E-state index in [-0.39, 0.29) is 6.42 Å². The highest BCUT2D eigenvalue weighted by Crippen LogP contribution is 2.15. The van der Waals surface area contributed by atoms with Gasteiger partial charge >= 0.3 is 18.1 Å². The van der Waals surface area contributed by atoms with E-state index >= 15 is 0 Å². The summed E-state index contributed by atoms with van der Waals surface area (Å²) in [6.45, 7) is 0. The summed E-state index contributed by atoms with van der Waals surface area (Å²) in [7, 11) is 0. The van der Waals surface area contributed by atoms with E-state index in [1.165, 1.54) is 29.6 Å². The van der Waals surface area contributed by atoms with Gasteiger partial charge in [-0.1, -0.05) is 12.1 Å². The Hall–Kier alpha value is -2.25. The van der Waals surface area contributed by atoms with Crippen LogP contribution in [0.5, 0.6) is 0 Å². The highest BCUT2D eigenvalue weighted by atomic mass is 19.4. The van der Waals surface area contributed by atoms with Crippen LogP contribution in [-0.4, -0.2) is 29.2 Å². The Balaban J connectivity index is 2.77. The first-order chi connectivity index (χ1) is 8.70. The van der Waals surface area contributed by atoms with E-state index in [4.69, 9.17) is 10.8 Å². The van der Waals surface area contributed by atoms with Crippen molar-refractivity contribution in [1.29, 1.82) is 0 Å². The third-order valence-electron chi connectivity index (χ3n) is 2.28. The van der Waals surface area contributed by atoms with Crippen molar-refractivity contribution in [3.8, 4) is 0 Å². The van der Waals surface area contributed by atoms with Gasteiger partial charge in [-0.15, -0.1) is 0 Å². The topological polar surface area (TPSA) is 92.4 Å². The summed E-state index contributed by atoms with van der Waals surface area (Å²) in [5.41, 5.74) is 6.31. The molecule has 19 heavy (non-hydrogen) atoms. The number of nitrogen functional groups attached to an aromatic ring is 1. The number of halogens is 3. The normalized spacial score (nSPS) is 12.8. The number of rotatable bonds is 4. The molecule has 104 valence electrons. The Bertz CT molecular complexity index is 471. The fraction of sp³-hybridized carbons (Fsp3) is 0.273. The molecule has 0 aliphatic carbocycles. The second kappa shape index (κ2) is 5.59. The molecule has 0 radical (unpaired) electrons. The summed E-state index contributed by atoms with van der Waals surface area (Å²) in [6.07, 6.45) is -5.38. The van der Waals surface area contributed by atoms with Gasteiger partial charge in [-0.25, -0.2) is 4.79 Å². The van der Waals surface area contributed by atoms with Crippen LogP contribution in [0.25, 0.3) is 0 Å². The second-order valence-electron chi connectivity index (χ2n) is 3.81. The summed E-state index contributed by atoms with van der Waals surface area (Å²) in [5.74, 6) is -3.83. The predicted octanol–water partition coefficient (Wildman–Crippen LogP) is 0.943. The van der Waals surface area contributed by atoms with E-state index in [1.54, 1.807) is 0 Å². The van der Waals surface area contributed by atoms with E-state index in [0.717, 1.165) is 0 Å². The molecule has 0 bridgehead atoms. The molecule has 0 fully saturated rings. The molecule has 0 heterocycles. The van der Waals surface area contributed by atoms with Crippen molar-refractivity contribution in [3.05, 3.63) is 29.8 Å². The molecule has 0 saturated heterocycles. The lowest BCUT2D eigenvalue weighted by atomic mass is 10.1. The average Bonchev–Trinajstić information content (AvgIpc) is 2.29. The van der Waals surface area contributed by atoms with Gasteiger partial charge in [0.25, 0.3) is 0 Å². The third kappa shape index (κ3) is 4.49. The van der Waals surface area contributed by atoms with Crippen molar-refractivity contribution in [2.24, 2.45) is 0 Å². The summed E-state index contributed by atoms with van der Waals surface area (Å²) in [4.78, 5) is 21.5. The van der Waals surface area contributed by atoms with Crippen LogP contribution in [0, 0.1) is 0 Å². The van der Waals surface area contributed by atoms with Crippen LogP contribution in [0.15, 0.2) is 24.3 Å². The quantitative estimate of drug-likeness (QED) is 0.714. The number of alkyl halides is 3. The van der Waals surface area contributed by atoms with E-state index in [1.807, 2.05) is 0 Å². The summed E-state index contributed by atoms with van der Waals surface area (Å²) in [6, 6.07) is 4.27. The smallest absolute Gasteiger partial charge is 0.471 e. The van der Waals surface area contributed by atoms with Gasteiger partial charge in [0.1, 0.15) is 6.04 Å². The van der Waals surface area contributed by atoms with E-state index in [0.29, 0.717) is 11.3 Å². The van der Waals surface area contributed by atoms with Gasteiger partial charge in [-0.05, 0) is 17.7 Å². The molecule has 0 aromatic heterocycles. The Kier molecular flexibility index (Phi) is 4.36. The molecule has 1 atom stereocenters. The van der Waals surface area contributed by atoms with E-state index in [9.17, 15) is 22.8 Å². The zero-order valence-corrected chi connectivity index (χ0v) is 9.57. The number of carbonyl (C=O) groups excluding carboxylic acids is 1. The van der Waals surface area contributed by atoms with Crippen LogP contribution >= 0.6 is 0 Å². The van der Waals surface area contributed by atoms with Gasteiger partial charge in [0.05, 0.1) is 0 Å². The molecular weight excluding hydrogens is 265 g/mol. The lowest BCUT2D eigenvalue weighted by Crippen LogP contribution is -2.47. The van der Waals surface area contributed by atoms with Crippen LogP contribution in [0.2, 0.25) is 0 Å². The van der Waals surface area contributed by atoms with Crippen LogP contribution in [-0.2, 0) is 16.0 Å². The van der Waals surface area contributed by atoms with Gasteiger partial charge in [-0.2, -0.15) is 13.2 Å².